The van der Waals surface area contributed by atoms with Gasteiger partial charge in [0.25, 0.3) is 0 Å². The van der Waals surface area contributed by atoms with Gasteiger partial charge in [-0.2, -0.15) is 0 Å². The highest BCUT2D eigenvalue weighted by molar-refractivity contribution is 5.62. The standard InChI is InChI=1S/C12H10.C6H4N2O4/c1-3-7-11(8-4-1)12-9-5-2-6-10-12;9-7(10)5-3-1-2-4-6(5)8(11)12/h1-10H;1-4H. The second-order valence-corrected chi connectivity index (χ2v) is 4.73. The van der Waals surface area contributed by atoms with Crippen LogP contribution in [-0.2, 0) is 0 Å². The summed E-state index contributed by atoms with van der Waals surface area (Å²) in [6, 6.07) is 25.7. The lowest BCUT2D eigenvalue weighted by atomic mass is 10.1. The molecule has 0 saturated carbocycles. The van der Waals surface area contributed by atoms with Gasteiger partial charge < -0.3 is 0 Å². The Bertz CT molecular complexity index is 750. The molecule has 3 aromatic rings. The number of nitro benzene ring substituents is 2. The minimum Gasteiger partial charge on any atom is -0.258 e. The summed E-state index contributed by atoms with van der Waals surface area (Å²) in [6.07, 6.45) is 0. The molecule has 0 N–H and O–H groups in total. The third kappa shape index (κ3) is 4.48. The number of benzene rings is 3. The summed E-state index contributed by atoms with van der Waals surface area (Å²) in [4.78, 5) is 18.9. The Balaban J connectivity index is 0.000000174. The fourth-order valence-corrected chi connectivity index (χ4v) is 2.03. The van der Waals surface area contributed by atoms with Gasteiger partial charge in [0.15, 0.2) is 0 Å². The van der Waals surface area contributed by atoms with Crippen LogP contribution in [0, 0.1) is 20.2 Å². The highest BCUT2D eigenvalue weighted by Gasteiger charge is 2.21. The smallest absolute Gasteiger partial charge is 0.258 e. The first-order valence-electron chi connectivity index (χ1n) is 7.08. The van der Waals surface area contributed by atoms with Crippen LogP contribution in [0.15, 0.2) is 84.9 Å². The second-order valence-electron chi connectivity index (χ2n) is 4.73. The van der Waals surface area contributed by atoms with E-state index in [1.807, 2.05) is 12.1 Å². The van der Waals surface area contributed by atoms with Gasteiger partial charge in [-0.25, -0.2) is 0 Å². The molecule has 0 aliphatic rings. The van der Waals surface area contributed by atoms with E-state index in [-0.39, 0.29) is 0 Å². The fraction of sp³-hybridized carbons (Fsp3) is 0. The molecule has 0 bridgehead atoms. The number of hydrogen-bond acceptors (Lipinski definition) is 4. The van der Waals surface area contributed by atoms with Crippen molar-refractivity contribution in [3.05, 3.63) is 105 Å². The van der Waals surface area contributed by atoms with Crippen LogP contribution in [0.25, 0.3) is 11.1 Å². The van der Waals surface area contributed by atoms with Gasteiger partial charge in [-0.15, -0.1) is 0 Å². The molecule has 0 aliphatic carbocycles. The van der Waals surface area contributed by atoms with Gasteiger partial charge in [0, 0.05) is 12.1 Å². The fourth-order valence-electron chi connectivity index (χ4n) is 2.03. The van der Waals surface area contributed by atoms with Crippen LogP contribution in [0.2, 0.25) is 0 Å². The first-order valence-corrected chi connectivity index (χ1v) is 7.08. The van der Waals surface area contributed by atoms with E-state index in [0.717, 1.165) is 12.1 Å². The Morgan fingerprint density at radius 2 is 0.792 bits per heavy atom. The maximum atomic E-state index is 10.2. The van der Waals surface area contributed by atoms with E-state index in [0.29, 0.717) is 0 Å². The van der Waals surface area contributed by atoms with E-state index < -0.39 is 21.2 Å². The van der Waals surface area contributed by atoms with E-state index in [1.54, 1.807) is 0 Å². The molecule has 0 spiro atoms. The first-order chi connectivity index (χ1) is 11.6. The SMILES string of the molecule is O=[N+]([O-])c1ccccc1[N+](=O)[O-].c1ccc(-c2ccccc2)cc1. The molecular weight excluding hydrogens is 308 g/mol. The third-order valence-corrected chi connectivity index (χ3v) is 3.16. The van der Waals surface area contributed by atoms with E-state index in [9.17, 15) is 20.2 Å². The van der Waals surface area contributed by atoms with Crippen molar-refractivity contribution in [1.82, 2.24) is 0 Å². The lowest BCUT2D eigenvalue weighted by molar-refractivity contribution is -0.422. The van der Waals surface area contributed by atoms with Crippen molar-refractivity contribution < 1.29 is 9.85 Å². The summed E-state index contributed by atoms with van der Waals surface area (Å²) in [5.41, 5.74) is 1.58. The van der Waals surface area contributed by atoms with Crippen molar-refractivity contribution >= 4 is 11.4 Å². The van der Waals surface area contributed by atoms with Gasteiger partial charge in [0.1, 0.15) is 0 Å². The molecule has 0 heterocycles. The Morgan fingerprint density at radius 3 is 1.08 bits per heavy atom. The zero-order valence-electron chi connectivity index (χ0n) is 12.6. The van der Waals surface area contributed by atoms with E-state index in [2.05, 4.69) is 48.5 Å². The third-order valence-electron chi connectivity index (χ3n) is 3.16. The topological polar surface area (TPSA) is 86.3 Å². The molecule has 0 fully saturated rings. The summed E-state index contributed by atoms with van der Waals surface area (Å²) in [5, 5.41) is 20.5. The summed E-state index contributed by atoms with van der Waals surface area (Å²) >= 11 is 0. The summed E-state index contributed by atoms with van der Waals surface area (Å²) in [7, 11) is 0. The molecule has 0 unspecified atom stereocenters. The molecule has 3 rings (SSSR count). The zero-order valence-corrected chi connectivity index (χ0v) is 12.6. The van der Waals surface area contributed by atoms with Gasteiger partial charge in [-0.1, -0.05) is 72.8 Å². The Morgan fingerprint density at radius 1 is 0.500 bits per heavy atom. The first kappa shape index (κ1) is 16.8. The summed E-state index contributed by atoms with van der Waals surface area (Å²) < 4.78 is 0. The van der Waals surface area contributed by atoms with E-state index in [4.69, 9.17) is 0 Å². The van der Waals surface area contributed by atoms with E-state index >= 15 is 0 Å². The zero-order chi connectivity index (χ0) is 17.4. The van der Waals surface area contributed by atoms with Crippen molar-refractivity contribution in [3.8, 4) is 11.1 Å². The molecule has 0 aliphatic heterocycles. The molecule has 120 valence electrons. The molecule has 24 heavy (non-hydrogen) atoms. The number of hydrogen-bond donors (Lipinski definition) is 0. The van der Waals surface area contributed by atoms with Crippen LogP contribution in [0.5, 0.6) is 0 Å². The number of rotatable bonds is 3. The van der Waals surface area contributed by atoms with Crippen LogP contribution in [0.4, 0.5) is 11.4 Å². The molecular formula is C18H14N2O4. The van der Waals surface area contributed by atoms with Crippen molar-refractivity contribution in [3.63, 3.8) is 0 Å². The average Bonchev–Trinajstić information content (AvgIpc) is 2.63. The van der Waals surface area contributed by atoms with Crippen molar-refractivity contribution in [2.24, 2.45) is 0 Å². The molecule has 6 heteroatoms. The number of nitrogens with zero attached hydrogens (tertiary/aromatic N) is 2. The van der Waals surface area contributed by atoms with Gasteiger partial charge in [-0.05, 0) is 11.1 Å². The minimum absolute atomic E-state index is 0.484. The van der Waals surface area contributed by atoms with Gasteiger partial charge in [0.2, 0.25) is 0 Å². The van der Waals surface area contributed by atoms with E-state index in [1.165, 1.54) is 23.3 Å². The van der Waals surface area contributed by atoms with Gasteiger partial charge in [0.05, 0.1) is 9.85 Å². The van der Waals surface area contributed by atoms with Crippen LogP contribution in [-0.4, -0.2) is 9.85 Å². The average molecular weight is 322 g/mol. The monoisotopic (exact) mass is 322 g/mol. The molecule has 0 atom stereocenters. The Hall–Kier alpha value is -3.54. The predicted octanol–water partition coefficient (Wildman–Crippen LogP) is 4.86. The quantitative estimate of drug-likeness (QED) is 0.509. The lowest BCUT2D eigenvalue weighted by Gasteiger charge is -1.98. The van der Waals surface area contributed by atoms with Crippen LogP contribution in [0.1, 0.15) is 0 Å². The summed E-state index contributed by atoms with van der Waals surface area (Å²) in [5.74, 6) is 0. The Kier molecular flexibility index (Phi) is 5.74. The molecule has 0 saturated heterocycles. The number of para-hydroxylation sites is 2. The van der Waals surface area contributed by atoms with Crippen LogP contribution in [0.3, 0.4) is 0 Å². The largest absolute Gasteiger partial charge is 0.346 e. The predicted molar refractivity (Wildman–Crippen MR) is 91.6 cm³/mol. The van der Waals surface area contributed by atoms with Gasteiger partial charge >= 0.3 is 11.4 Å². The maximum absolute atomic E-state index is 10.2. The Labute approximate surface area is 138 Å². The highest BCUT2D eigenvalue weighted by atomic mass is 16.6. The molecule has 0 aromatic heterocycles. The highest BCUT2D eigenvalue weighted by Crippen LogP contribution is 2.24. The molecule has 6 nitrogen and oxygen atoms in total. The van der Waals surface area contributed by atoms with Crippen LogP contribution >= 0.6 is 0 Å². The molecule has 0 amide bonds. The minimum atomic E-state index is -0.780. The van der Waals surface area contributed by atoms with Gasteiger partial charge in [-0.3, -0.25) is 20.2 Å². The van der Waals surface area contributed by atoms with Crippen molar-refractivity contribution in [1.29, 1.82) is 0 Å². The van der Waals surface area contributed by atoms with Crippen molar-refractivity contribution in [2.75, 3.05) is 0 Å². The van der Waals surface area contributed by atoms with Crippen molar-refractivity contribution in [2.45, 2.75) is 0 Å². The number of nitro groups is 2. The normalized spacial score (nSPS) is 9.50. The lowest BCUT2D eigenvalue weighted by Crippen LogP contribution is -1.95. The molecule has 0 radical (unpaired) electrons. The molecule has 3 aromatic carbocycles. The summed E-state index contributed by atoms with van der Waals surface area (Å²) in [6.45, 7) is 0. The van der Waals surface area contributed by atoms with Crippen LogP contribution < -0.4 is 0 Å². The second kappa shape index (κ2) is 8.19. The maximum Gasteiger partial charge on any atom is 0.346 e.